The third-order valence-corrected chi connectivity index (χ3v) is 3.21. The third kappa shape index (κ3) is 4.52. The van der Waals surface area contributed by atoms with Crippen molar-refractivity contribution in [1.29, 1.82) is 0 Å². The zero-order chi connectivity index (χ0) is 15.1. The van der Waals surface area contributed by atoms with E-state index in [1.165, 1.54) is 7.11 Å². The standard InChI is InChI=1S/C14H18BrNO4/c1-4-7-16-13(17)9(2)20-14(18)10-5-6-12(19-3)11(15)8-10/h5-6,8-9H,4,7H2,1-3H3,(H,16,17)/t9-/m0/s1. The van der Waals surface area contributed by atoms with Crippen molar-refractivity contribution in [2.45, 2.75) is 26.4 Å². The van der Waals surface area contributed by atoms with E-state index in [1.807, 2.05) is 6.92 Å². The molecule has 1 aromatic rings. The molecule has 0 fully saturated rings. The molecule has 0 spiro atoms. The molecule has 20 heavy (non-hydrogen) atoms. The first-order valence-electron chi connectivity index (χ1n) is 6.31. The average molecular weight is 344 g/mol. The lowest BCUT2D eigenvalue weighted by atomic mass is 10.2. The van der Waals surface area contributed by atoms with Gasteiger partial charge in [0.2, 0.25) is 0 Å². The average Bonchev–Trinajstić information content (AvgIpc) is 2.44. The number of rotatable bonds is 6. The number of benzene rings is 1. The van der Waals surface area contributed by atoms with Gasteiger partial charge < -0.3 is 14.8 Å². The summed E-state index contributed by atoms with van der Waals surface area (Å²) in [6.45, 7) is 4.06. The topological polar surface area (TPSA) is 64.6 Å². The van der Waals surface area contributed by atoms with Crippen LogP contribution in [-0.4, -0.2) is 31.6 Å². The lowest BCUT2D eigenvalue weighted by molar-refractivity contribution is -0.129. The van der Waals surface area contributed by atoms with Crippen LogP contribution < -0.4 is 10.1 Å². The summed E-state index contributed by atoms with van der Waals surface area (Å²) in [4.78, 5) is 23.5. The monoisotopic (exact) mass is 343 g/mol. The first kappa shape index (κ1) is 16.5. The maximum atomic E-state index is 11.9. The summed E-state index contributed by atoms with van der Waals surface area (Å²) in [6, 6.07) is 4.84. The van der Waals surface area contributed by atoms with Crippen LogP contribution in [0.5, 0.6) is 5.75 Å². The minimum atomic E-state index is -0.824. The summed E-state index contributed by atoms with van der Waals surface area (Å²) in [5.41, 5.74) is 0.354. The van der Waals surface area contributed by atoms with Crippen molar-refractivity contribution in [1.82, 2.24) is 5.32 Å². The Hall–Kier alpha value is -1.56. The molecule has 1 atom stereocenters. The second-order valence-corrected chi connectivity index (χ2v) is 5.04. The van der Waals surface area contributed by atoms with Gasteiger partial charge in [0, 0.05) is 6.54 Å². The van der Waals surface area contributed by atoms with Crippen LogP contribution in [0.25, 0.3) is 0 Å². The van der Waals surface area contributed by atoms with Gasteiger partial charge in [0.15, 0.2) is 6.10 Å². The zero-order valence-corrected chi connectivity index (χ0v) is 13.3. The molecule has 6 heteroatoms. The van der Waals surface area contributed by atoms with Crippen LogP contribution in [0.4, 0.5) is 0 Å². The van der Waals surface area contributed by atoms with Crippen LogP contribution in [0.15, 0.2) is 22.7 Å². The quantitative estimate of drug-likeness (QED) is 0.806. The molecule has 0 aliphatic heterocycles. The highest BCUT2D eigenvalue weighted by Crippen LogP contribution is 2.25. The number of nitrogens with one attached hydrogen (secondary N) is 1. The van der Waals surface area contributed by atoms with Gasteiger partial charge in [-0.2, -0.15) is 0 Å². The van der Waals surface area contributed by atoms with Gasteiger partial charge in [0.05, 0.1) is 17.1 Å². The smallest absolute Gasteiger partial charge is 0.338 e. The fourth-order valence-electron chi connectivity index (χ4n) is 1.47. The molecule has 1 N–H and O–H groups in total. The molecule has 0 unspecified atom stereocenters. The van der Waals surface area contributed by atoms with Crippen LogP contribution >= 0.6 is 15.9 Å². The molecule has 1 rings (SSSR count). The van der Waals surface area contributed by atoms with Gasteiger partial charge in [0.25, 0.3) is 5.91 Å². The van der Waals surface area contributed by atoms with Crippen LogP contribution in [0, 0.1) is 0 Å². The van der Waals surface area contributed by atoms with Crippen molar-refractivity contribution in [2.24, 2.45) is 0 Å². The lowest BCUT2D eigenvalue weighted by Crippen LogP contribution is -2.36. The fourth-order valence-corrected chi connectivity index (χ4v) is 2.01. The van der Waals surface area contributed by atoms with Crippen molar-refractivity contribution in [2.75, 3.05) is 13.7 Å². The maximum Gasteiger partial charge on any atom is 0.338 e. The van der Waals surface area contributed by atoms with Crippen LogP contribution in [0.3, 0.4) is 0 Å². The molecule has 0 aliphatic carbocycles. The summed E-state index contributed by atoms with van der Waals surface area (Å²) in [6.07, 6.45) is 0.00704. The Balaban J connectivity index is 2.66. The Morgan fingerprint density at radius 3 is 2.65 bits per heavy atom. The minimum Gasteiger partial charge on any atom is -0.496 e. The summed E-state index contributed by atoms with van der Waals surface area (Å²) in [5.74, 6) is -0.226. The first-order chi connectivity index (χ1) is 9.49. The summed E-state index contributed by atoms with van der Waals surface area (Å²) >= 11 is 3.29. The normalized spacial score (nSPS) is 11.6. The van der Waals surface area contributed by atoms with Crippen molar-refractivity contribution >= 4 is 27.8 Å². The molecule has 0 saturated heterocycles. The van der Waals surface area contributed by atoms with Crippen LogP contribution in [0.1, 0.15) is 30.6 Å². The highest BCUT2D eigenvalue weighted by atomic mass is 79.9. The Morgan fingerprint density at radius 1 is 1.40 bits per heavy atom. The second kappa shape index (κ2) is 7.89. The van der Waals surface area contributed by atoms with E-state index in [4.69, 9.17) is 9.47 Å². The largest absolute Gasteiger partial charge is 0.496 e. The molecule has 0 saturated carbocycles. The Bertz CT molecular complexity index is 490. The Labute approximate surface area is 126 Å². The Morgan fingerprint density at radius 2 is 2.10 bits per heavy atom. The maximum absolute atomic E-state index is 11.9. The van der Waals surface area contributed by atoms with E-state index in [2.05, 4.69) is 21.2 Å². The number of carbonyl (C=O) groups excluding carboxylic acids is 2. The molecule has 1 amide bonds. The van der Waals surface area contributed by atoms with E-state index in [1.54, 1.807) is 25.1 Å². The molecule has 110 valence electrons. The molecule has 0 aromatic heterocycles. The van der Waals surface area contributed by atoms with Crippen molar-refractivity contribution in [3.05, 3.63) is 28.2 Å². The first-order valence-corrected chi connectivity index (χ1v) is 7.11. The molecule has 0 radical (unpaired) electrons. The zero-order valence-electron chi connectivity index (χ0n) is 11.7. The number of hydrogen-bond acceptors (Lipinski definition) is 4. The molecule has 1 aromatic carbocycles. The lowest BCUT2D eigenvalue weighted by Gasteiger charge is -2.13. The summed E-state index contributed by atoms with van der Waals surface area (Å²) in [7, 11) is 1.54. The molecule has 5 nitrogen and oxygen atoms in total. The van der Waals surface area contributed by atoms with E-state index in [9.17, 15) is 9.59 Å². The van der Waals surface area contributed by atoms with E-state index in [0.717, 1.165) is 6.42 Å². The van der Waals surface area contributed by atoms with Gasteiger partial charge in [-0.25, -0.2) is 4.79 Å². The van der Waals surface area contributed by atoms with Crippen molar-refractivity contribution in [3.8, 4) is 5.75 Å². The third-order valence-electron chi connectivity index (χ3n) is 2.59. The Kier molecular flexibility index (Phi) is 6.51. The van der Waals surface area contributed by atoms with Crippen molar-refractivity contribution < 1.29 is 19.1 Å². The van der Waals surface area contributed by atoms with E-state index in [-0.39, 0.29) is 5.91 Å². The minimum absolute atomic E-state index is 0.298. The SMILES string of the molecule is CCCNC(=O)[C@H](C)OC(=O)c1ccc(OC)c(Br)c1. The fraction of sp³-hybridized carbons (Fsp3) is 0.429. The number of halogens is 1. The van der Waals surface area contributed by atoms with Gasteiger partial charge in [-0.15, -0.1) is 0 Å². The van der Waals surface area contributed by atoms with Gasteiger partial charge in [-0.05, 0) is 47.5 Å². The molecule has 0 bridgehead atoms. The number of ether oxygens (including phenoxy) is 2. The van der Waals surface area contributed by atoms with Gasteiger partial charge in [-0.1, -0.05) is 6.92 Å². The predicted octanol–water partition coefficient (Wildman–Crippen LogP) is 2.53. The van der Waals surface area contributed by atoms with Gasteiger partial charge >= 0.3 is 5.97 Å². The molecule has 0 heterocycles. The van der Waals surface area contributed by atoms with Crippen molar-refractivity contribution in [3.63, 3.8) is 0 Å². The van der Waals surface area contributed by atoms with Gasteiger partial charge in [0.1, 0.15) is 5.75 Å². The second-order valence-electron chi connectivity index (χ2n) is 4.19. The number of methoxy groups -OCH3 is 1. The number of amides is 1. The summed E-state index contributed by atoms with van der Waals surface area (Å²) < 4.78 is 10.8. The van der Waals surface area contributed by atoms with Gasteiger partial charge in [-0.3, -0.25) is 4.79 Å². The number of carbonyl (C=O) groups is 2. The highest BCUT2D eigenvalue weighted by molar-refractivity contribution is 9.10. The van der Waals surface area contributed by atoms with Crippen LogP contribution in [-0.2, 0) is 9.53 Å². The molecular weight excluding hydrogens is 326 g/mol. The molecular formula is C14H18BrNO4. The number of hydrogen-bond donors (Lipinski definition) is 1. The van der Waals surface area contributed by atoms with Crippen LogP contribution in [0.2, 0.25) is 0 Å². The highest BCUT2D eigenvalue weighted by Gasteiger charge is 2.19. The predicted molar refractivity (Wildman–Crippen MR) is 78.9 cm³/mol. The molecule has 0 aliphatic rings. The number of esters is 1. The summed E-state index contributed by atoms with van der Waals surface area (Å²) in [5, 5.41) is 2.67. The van der Waals surface area contributed by atoms with E-state index >= 15 is 0 Å². The van der Waals surface area contributed by atoms with E-state index in [0.29, 0.717) is 22.3 Å². The van der Waals surface area contributed by atoms with E-state index < -0.39 is 12.1 Å².